The summed E-state index contributed by atoms with van der Waals surface area (Å²) in [7, 11) is 0. The molecule has 8 heavy (non-hydrogen) atoms. The molecule has 0 aromatic carbocycles. The van der Waals surface area contributed by atoms with Gasteiger partial charge in [0.15, 0.2) is 0 Å². The lowest BCUT2D eigenvalue weighted by molar-refractivity contribution is -0.391. The van der Waals surface area contributed by atoms with E-state index in [0.29, 0.717) is 6.04 Å². The molecule has 0 aromatic heterocycles. The Hall–Kier alpha value is -0.560. The molecule has 3 N–H and O–H groups in total. The first-order chi connectivity index (χ1) is 3.80. The SMILES string of the molecule is C=C1CCC=CC1[NH3+]. The summed E-state index contributed by atoms with van der Waals surface area (Å²) in [6.07, 6.45) is 6.58. The molecule has 1 rings (SSSR count). The van der Waals surface area contributed by atoms with Crippen LogP contribution in [-0.2, 0) is 0 Å². The maximum Gasteiger partial charge on any atom is 0.124 e. The monoisotopic (exact) mass is 110 g/mol. The zero-order chi connectivity index (χ0) is 5.98. The van der Waals surface area contributed by atoms with E-state index in [9.17, 15) is 0 Å². The van der Waals surface area contributed by atoms with Gasteiger partial charge in [0.1, 0.15) is 6.04 Å². The molecule has 0 fully saturated rings. The van der Waals surface area contributed by atoms with E-state index in [0.717, 1.165) is 12.8 Å². The summed E-state index contributed by atoms with van der Waals surface area (Å²) in [5.74, 6) is 0. The molecule has 0 aliphatic heterocycles. The van der Waals surface area contributed by atoms with E-state index < -0.39 is 0 Å². The van der Waals surface area contributed by atoms with Gasteiger partial charge in [-0.25, -0.2) is 0 Å². The summed E-state index contributed by atoms with van der Waals surface area (Å²) in [6, 6.07) is 0.378. The van der Waals surface area contributed by atoms with Crippen molar-refractivity contribution in [3.05, 3.63) is 24.3 Å². The van der Waals surface area contributed by atoms with Crippen molar-refractivity contribution in [1.82, 2.24) is 0 Å². The Morgan fingerprint density at radius 3 is 2.88 bits per heavy atom. The Kier molecular flexibility index (Phi) is 1.49. The zero-order valence-electron chi connectivity index (χ0n) is 5.06. The van der Waals surface area contributed by atoms with Gasteiger partial charge in [-0.15, -0.1) is 0 Å². The minimum atomic E-state index is 0.378. The lowest BCUT2D eigenvalue weighted by atomic mass is 9.99. The second-order valence-electron chi connectivity index (χ2n) is 2.23. The number of quaternary nitrogens is 1. The van der Waals surface area contributed by atoms with Gasteiger partial charge in [-0.3, -0.25) is 0 Å². The van der Waals surface area contributed by atoms with E-state index in [4.69, 9.17) is 0 Å². The van der Waals surface area contributed by atoms with Crippen molar-refractivity contribution < 1.29 is 5.73 Å². The Morgan fingerprint density at radius 2 is 2.50 bits per heavy atom. The van der Waals surface area contributed by atoms with Crippen LogP contribution in [-0.4, -0.2) is 6.04 Å². The highest BCUT2D eigenvalue weighted by Gasteiger charge is 2.08. The average molecular weight is 110 g/mol. The van der Waals surface area contributed by atoms with E-state index in [1.807, 2.05) is 0 Å². The van der Waals surface area contributed by atoms with Crippen LogP contribution in [0.25, 0.3) is 0 Å². The van der Waals surface area contributed by atoms with Gasteiger partial charge < -0.3 is 5.73 Å². The molecule has 1 heteroatoms. The summed E-state index contributed by atoms with van der Waals surface area (Å²) in [6.45, 7) is 3.88. The van der Waals surface area contributed by atoms with Crippen molar-refractivity contribution in [2.24, 2.45) is 0 Å². The average Bonchev–Trinajstić information content (AvgIpc) is 1.77. The van der Waals surface area contributed by atoms with Crippen LogP contribution in [0.3, 0.4) is 0 Å². The topological polar surface area (TPSA) is 27.6 Å². The molecule has 0 radical (unpaired) electrons. The number of hydrogen-bond donors (Lipinski definition) is 1. The second-order valence-corrected chi connectivity index (χ2v) is 2.23. The Balaban J connectivity index is 2.60. The van der Waals surface area contributed by atoms with Crippen molar-refractivity contribution in [3.63, 3.8) is 0 Å². The predicted molar refractivity (Wildman–Crippen MR) is 34.2 cm³/mol. The van der Waals surface area contributed by atoms with Gasteiger partial charge in [-0.1, -0.05) is 12.7 Å². The molecular formula is C7H12N+. The third-order valence-electron chi connectivity index (χ3n) is 1.52. The maximum atomic E-state index is 3.89. The Morgan fingerprint density at radius 1 is 1.75 bits per heavy atom. The third kappa shape index (κ3) is 0.984. The van der Waals surface area contributed by atoms with Gasteiger partial charge in [0.05, 0.1) is 0 Å². The summed E-state index contributed by atoms with van der Waals surface area (Å²) in [5, 5.41) is 0. The van der Waals surface area contributed by atoms with Gasteiger partial charge in [0, 0.05) is 0 Å². The van der Waals surface area contributed by atoms with Crippen LogP contribution in [0, 0.1) is 0 Å². The van der Waals surface area contributed by atoms with Crippen molar-refractivity contribution in [1.29, 1.82) is 0 Å². The standard InChI is InChI=1S/C7H11N/c1-6-4-2-3-5-7(6)8/h3,5,7H,1-2,4,8H2/p+1. The molecule has 0 saturated heterocycles. The van der Waals surface area contributed by atoms with Crippen LogP contribution in [0.15, 0.2) is 24.3 Å². The first-order valence-electron chi connectivity index (χ1n) is 2.98. The first kappa shape index (κ1) is 5.57. The maximum absolute atomic E-state index is 3.89. The van der Waals surface area contributed by atoms with Crippen LogP contribution in [0.2, 0.25) is 0 Å². The smallest absolute Gasteiger partial charge is 0.124 e. The summed E-state index contributed by atoms with van der Waals surface area (Å²) >= 11 is 0. The molecule has 0 heterocycles. The largest absolute Gasteiger partial charge is 0.348 e. The van der Waals surface area contributed by atoms with Crippen LogP contribution in [0.5, 0.6) is 0 Å². The highest BCUT2D eigenvalue weighted by atomic mass is 14.6. The number of hydrogen-bond acceptors (Lipinski definition) is 0. The van der Waals surface area contributed by atoms with Crippen molar-refractivity contribution in [2.75, 3.05) is 0 Å². The second kappa shape index (κ2) is 2.14. The van der Waals surface area contributed by atoms with E-state index in [1.54, 1.807) is 0 Å². The fraction of sp³-hybridized carbons (Fsp3) is 0.429. The van der Waals surface area contributed by atoms with Crippen LogP contribution in [0.4, 0.5) is 0 Å². The zero-order valence-corrected chi connectivity index (χ0v) is 5.06. The van der Waals surface area contributed by atoms with Crippen molar-refractivity contribution >= 4 is 0 Å². The van der Waals surface area contributed by atoms with Gasteiger partial charge >= 0.3 is 0 Å². The third-order valence-corrected chi connectivity index (χ3v) is 1.52. The first-order valence-corrected chi connectivity index (χ1v) is 2.98. The van der Waals surface area contributed by atoms with Crippen LogP contribution < -0.4 is 5.73 Å². The highest BCUT2D eigenvalue weighted by molar-refractivity contribution is 5.14. The van der Waals surface area contributed by atoms with E-state index in [-0.39, 0.29) is 0 Å². The fourth-order valence-corrected chi connectivity index (χ4v) is 0.851. The van der Waals surface area contributed by atoms with Crippen molar-refractivity contribution in [2.45, 2.75) is 18.9 Å². The summed E-state index contributed by atoms with van der Waals surface area (Å²) in [5.41, 5.74) is 5.16. The number of rotatable bonds is 0. The van der Waals surface area contributed by atoms with Gasteiger partial charge in [-0.2, -0.15) is 0 Å². The molecule has 1 aliphatic rings. The molecule has 1 nitrogen and oxygen atoms in total. The summed E-state index contributed by atoms with van der Waals surface area (Å²) < 4.78 is 0. The normalized spacial score (nSPS) is 28.6. The summed E-state index contributed by atoms with van der Waals surface area (Å²) in [4.78, 5) is 0. The lowest BCUT2D eigenvalue weighted by Gasteiger charge is -2.10. The molecule has 0 amide bonds. The molecule has 1 unspecified atom stereocenters. The molecule has 1 atom stereocenters. The van der Waals surface area contributed by atoms with Gasteiger partial charge in [0.2, 0.25) is 0 Å². The minimum absolute atomic E-state index is 0.378. The van der Waals surface area contributed by atoms with E-state index in [2.05, 4.69) is 24.5 Å². The molecule has 0 saturated carbocycles. The molecule has 44 valence electrons. The molecule has 0 aromatic rings. The van der Waals surface area contributed by atoms with E-state index >= 15 is 0 Å². The fourth-order valence-electron chi connectivity index (χ4n) is 0.851. The van der Waals surface area contributed by atoms with E-state index in [1.165, 1.54) is 5.57 Å². The Bertz CT molecular complexity index is 124. The van der Waals surface area contributed by atoms with Gasteiger partial charge in [0.25, 0.3) is 0 Å². The lowest BCUT2D eigenvalue weighted by Crippen LogP contribution is -2.60. The predicted octanol–water partition coefficient (Wildman–Crippen LogP) is 0.503. The Labute approximate surface area is 49.9 Å². The molecule has 0 bridgehead atoms. The van der Waals surface area contributed by atoms with Gasteiger partial charge in [-0.05, 0) is 24.5 Å². The van der Waals surface area contributed by atoms with Crippen LogP contribution >= 0.6 is 0 Å². The molecular weight excluding hydrogens is 98.1 g/mol. The minimum Gasteiger partial charge on any atom is -0.348 e. The quantitative estimate of drug-likeness (QED) is 0.440. The molecule has 1 aliphatic carbocycles. The van der Waals surface area contributed by atoms with Crippen molar-refractivity contribution in [3.8, 4) is 0 Å². The number of allylic oxidation sites excluding steroid dienone is 1. The highest BCUT2D eigenvalue weighted by Crippen LogP contribution is 2.11. The molecule has 0 spiro atoms. The van der Waals surface area contributed by atoms with Crippen LogP contribution in [0.1, 0.15) is 12.8 Å².